The summed E-state index contributed by atoms with van der Waals surface area (Å²) in [5.41, 5.74) is 6.18. The molecule has 1 heterocycles. The summed E-state index contributed by atoms with van der Waals surface area (Å²) in [4.78, 5) is 28.3. The van der Waals surface area contributed by atoms with Crippen molar-refractivity contribution in [3.8, 4) is 0 Å². The summed E-state index contributed by atoms with van der Waals surface area (Å²) in [7, 11) is 0. The number of hydrogen-bond acceptors (Lipinski definition) is 3. The van der Waals surface area contributed by atoms with E-state index in [1.54, 1.807) is 28.0 Å². The Morgan fingerprint density at radius 1 is 1.09 bits per heavy atom. The van der Waals surface area contributed by atoms with Gasteiger partial charge in [0.1, 0.15) is 0 Å². The van der Waals surface area contributed by atoms with Crippen LogP contribution in [0.5, 0.6) is 0 Å². The van der Waals surface area contributed by atoms with Crippen LogP contribution in [-0.2, 0) is 4.79 Å². The molecule has 0 saturated carbocycles. The van der Waals surface area contributed by atoms with E-state index in [-0.39, 0.29) is 28.8 Å². The minimum atomic E-state index is -0.223. The second-order valence-corrected chi connectivity index (χ2v) is 6.65. The molecule has 5 nitrogen and oxygen atoms in total. The maximum absolute atomic E-state index is 12.6. The van der Waals surface area contributed by atoms with E-state index in [2.05, 4.69) is 0 Å². The van der Waals surface area contributed by atoms with Crippen LogP contribution in [0.4, 0.5) is 0 Å². The van der Waals surface area contributed by atoms with Gasteiger partial charge in [0.2, 0.25) is 5.91 Å². The Balaban J connectivity index is 2.00. The van der Waals surface area contributed by atoms with Gasteiger partial charge in [0.15, 0.2) is 0 Å². The number of hydrogen-bond donors (Lipinski definition) is 1. The maximum Gasteiger partial charge on any atom is 0.255 e. The topological polar surface area (TPSA) is 66.6 Å². The molecule has 1 aliphatic rings. The quantitative estimate of drug-likeness (QED) is 0.901. The molecule has 0 radical (unpaired) electrons. The summed E-state index contributed by atoms with van der Waals surface area (Å²) in [6.45, 7) is 5.59. The predicted octanol–water partition coefficient (Wildman–Crippen LogP) is 2.26. The molecule has 2 amide bonds. The van der Waals surface area contributed by atoms with Crippen molar-refractivity contribution in [2.24, 2.45) is 11.7 Å². The third-order valence-corrected chi connectivity index (χ3v) is 5.06. The van der Waals surface area contributed by atoms with Crippen LogP contribution in [0, 0.1) is 5.92 Å². The predicted molar refractivity (Wildman–Crippen MR) is 91.8 cm³/mol. The minimum absolute atomic E-state index is 0.0351. The lowest BCUT2D eigenvalue weighted by molar-refractivity contribution is -0.137. The number of nitrogens with zero attached hydrogens (tertiary/aromatic N) is 2. The fraction of sp³-hybridized carbons (Fsp3) is 0.500. The average Bonchev–Trinajstić information content (AvgIpc) is 2.55. The standard InChI is InChI=1S/C16H21Cl2N3O2/c1-10(11(2)19)15(22)20-6-8-21(9-7-20)16(23)12-4-3-5-13(17)14(12)18/h3-5,10-11H,6-9,19H2,1-2H3. The van der Waals surface area contributed by atoms with E-state index < -0.39 is 0 Å². The van der Waals surface area contributed by atoms with Gasteiger partial charge in [0.25, 0.3) is 5.91 Å². The van der Waals surface area contributed by atoms with Crippen LogP contribution in [0.15, 0.2) is 18.2 Å². The van der Waals surface area contributed by atoms with Gasteiger partial charge in [-0.25, -0.2) is 0 Å². The van der Waals surface area contributed by atoms with Crippen molar-refractivity contribution in [3.63, 3.8) is 0 Å². The molecule has 2 rings (SSSR count). The van der Waals surface area contributed by atoms with E-state index in [1.807, 2.05) is 13.8 Å². The first kappa shape index (κ1) is 18.0. The number of rotatable bonds is 3. The molecule has 2 N–H and O–H groups in total. The molecule has 1 aliphatic heterocycles. The maximum atomic E-state index is 12.6. The first-order valence-corrected chi connectivity index (χ1v) is 8.36. The molecular weight excluding hydrogens is 337 g/mol. The number of nitrogens with two attached hydrogens (primary N) is 1. The highest BCUT2D eigenvalue weighted by molar-refractivity contribution is 6.43. The van der Waals surface area contributed by atoms with Crippen LogP contribution in [0.1, 0.15) is 24.2 Å². The largest absolute Gasteiger partial charge is 0.339 e. The van der Waals surface area contributed by atoms with E-state index in [0.29, 0.717) is 36.8 Å². The molecule has 0 aliphatic carbocycles. The van der Waals surface area contributed by atoms with Crippen LogP contribution >= 0.6 is 23.2 Å². The number of piperazine rings is 1. The van der Waals surface area contributed by atoms with Gasteiger partial charge < -0.3 is 15.5 Å². The monoisotopic (exact) mass is 357 g/mol. The number of benzene rings is 1. The molecule has 1 aromatic carbocycles. The summed E-state index contributed by atoms with van der Waals surface area (Å²) in [5.74, 6) is -0.350. The van der Waals surface area contributed by atoms with Crippen molar-refractivity contribution < 1.29 is 9.59 Å². The second kappa shape index (κ2) is 7.51. The lowest BCUT2D eigenvalue weighted by Gasteiger charge is -2.36. The Hall–Kier alpha value is -1.30. The fourth-order valence-electron chi connectivity index (χ4n) is 2.48. The summed E-state index contributed by atoms with van der Waals surface area (Å²) in [5, 5.41) is 0.625. The number of carbonyl (C=O) groups excluding carboxylic acids is 2. The van der Waals surface area contributed by atoms with E-state index in [9.17, 15) is 9.59 Å². The fourth-order valence-corrected chi connectivity index (χ4v) is 2.86. The highest BCUT2D eigenvalue weighted by atomic mass is 35.5. The molecule has 0 spiro atoms. The van der Waals surface area contributed by atoms with E-state index in [1.165, 1.54) is 0 Å². The first-order chi connectivity index (χ1) is 10.8. The average molecular weight is 358 g/mol. The Morgan fingerprint density at radius 2 is 1.65 bits per heavy atom. The highest BCUT2D eigenvalue weighted by Crippen LogP contribution is 2.26. The second-order valence-electron chi connectivity index (χ2n) is 5.87. The number of halogens is 2. The zero-order valence-corrected chi connectivity index (χ0v) is 14.8. The highest BCUT2D eigenvalue weighted by Gasteiger charge is 2.29. The van der Waals surface area contributed by atoms with Crippen LogP contribution in [0.25, 0.3) is 0 Å². The summed E-state index contributed by atoms with van der Waals surface area (Å²) < 4.78 is 0. The van der Waals surface area contributed by atoms with Crippen LogP contribution in [0.3, 0.4) is 0 Å². The van der Waals surface area contributed by atoms with Gasteiger partial charge in [0.05, 0.1) is 21.5 Å². The Kier molecular flexibility index (Phi) is 5.89. The van der Waals surface area contributed by atoms with Gasteiger partial charge in [-0.05, 0) is 19.1 Å². The lowest BCUT2D eigenvalue weighted by atomic mass is 10.0. The molecular formula is C16H21Cl2N3O2. The summed E-state index contributed by atoms with van der Waals surface area (Å²) in [6.07, 6.45) is 0. The van der Waals surface area contributed by atoms with E-state index >= 15 is 0 Å². The van der Waals surface area contributed by atoms with Crippen molar-refractivity contribution in [1.82, 2.24) is 9.80 Å². The van der Waals surface area contributed by atoms with Crippen molar-refractivity contribution >= 4 is 35.0 Å². The van der Waals surface area contributed by atoms with Gasteiger partial charge in [-0.2, -0.15) is 0 Å². The number of carbonyl (C=O) groups is 2. The Bertz CT molecular complexity index is 599. The molecule has 1 aromatic rings. The molecule has 0 aromatic heterocycles. The Morgan fingerprint density at radius 3 is 2.22 bits per heavy atom. The molecule has 23 heavy (non-hydrogen) atoms. The van der Waals surface area contributed by atoms with Gasteiger partial charge in [-0.3, -0.25) is 9.59 Å². The molecule has 0 bridgehead atoms. The molecule has 2 atom stereocenters. The third-order valence-electron chi connectivity index (χ3n) is 4.24. The summed E-state index contributed by atoms with van der Waals surface area (Å²) in [6, 6.07) is 4.82. The van der Waals surface area contributed by atoms with E-state index in [0.717, 1.165) is 0 Å². The minimum Gasteiger partial charge on any atom is -0.339 e. The first-order valence-electron chi connectivity index (χ1n) is 7.60. The normalized spacial score (nSPS) is 17.8. The SMILES string of the molecule is CC(N)C(C)C(=O)N1CCN(C(=O)c2cccc(Cl)c2Cl)CC1. The molecule has 1 fully saturated rings. The van der Waals surface area contributed by atoms with E-state index in [4.69, 9.17) is 28.9 Å². The molecule has 7 heteroatoms. The van der Waals surface area contributed by atoms with Gasteiger partial charge in [-0.1, -0.05) is 36.2 Å². The molecule has 2 unspecified atom stereocenters. The Labute approximate surface area is 146 Å². The van der Waals surface area contributed by atoms with Crippen molar-refractivity contribution in [2.75, 3.05) is 26.2 Å². The lowest BCUT2D eigenvalue weighted by Crippen LogP contribution is -2.53. The smallest absolute Gasteiger partial charge is 0.255 e. The van der Waals surface area contributed by atoms with Gasteiger partial charge >= 0.3 is 0 Å². The molecule has 126 valence electrons. The van der Waals surface area contributed by atoms with Gasteiger partial charge in [0, 0.05) is 32.2 Å². The summed E-state index contributed by atoms with van der Waals surface area (Å²) >= 11 is 12.1. The zero-order chi connectivity index (χ0) is 17.1. The van der Waals surface area contributed by atoms with Crippen molar-refractivity contribution in [2.45, 2.75) is 19.9 Å². The number of amides is 2. The zero-order valence-electron chi connectivity index (χ0n) is 13.3. The van der Waals surface area contributed by atoms with Crippen LogP contribution in [-0.4, -0.2) is 53.8 Å². The third kappa shape index (κ3) is 3.97. The van der Waals surface area contributed by atoms with Crippen LogP contribution in [0.2, 0.25) is 10.0 Å². The van der Waals surface area contributed by atoms with Gasteiger partial charge in [-0.15, -0.1) is 0 Å². The van der Waals surface area contributed by atoms with Crippen LogP contribution < -0.4 is 5.73 Å². The van der Waals surface area contributed by atoms with Crippen molar-refractivity contribution in [3.05, 3.63) is 33.8 Å². The molecule has 1 saturated heterocycles. The van der Waals surface area contributed by atoms with Crippen molar-refractivity contribution in [1.29, 1.82) is 0 Å².